The van der Waals surface area contributed by atoms with Crippen molar-refractivity contribution < 1.29 is 22.6 Å². The van der Waals surface area contributed by atoms with Crippen LogP contribution in [0.15, 0.2) is 36.7 Å². The standard InChI is InChI=1S/C22H25F3N4O2/c23-22(24,25)15-28-9-6-18-19(28)2-1-3-20(18)31-17-4-7-27(8-5-17)13-16-12-26-21-14-30-11-10-29(16)21/h1-3,6,9,12,17H,4-5,7-8,10-11,13-15H2. The number of nitrogens with zero attached hydrogens (tertiary/aromatic N) is 4. The van der Waals surface area contributed by atoms with Gasteiger partial charge in [-0.2, -0.15) is 13.2 Å². The molecule has 6 nitrogen and oxygen atoms in total. The van der Waals surface area contributed by atoms with E-state index in [9.17, 15) is 13.2 Å². The number of benzene rings is 1. The minimum Gasteiger partial charge on any atom is -0.490 e. The molecule has 0 bridgehead atoms. The first-order valence-corrected chi connectivity index (χ1v) is 10.6. The second-order valence-electron chi connectivity index (χ2n) is 8.21. The molecule has 1 aromatic carbocycles. The first-order chi connectivity index (χ1) is 15.0. The number of halogens is 3. The predicted octanol–water partition coefficient (Wildman–Crippen LogP) is 3.97. The third kappa shape index (κ3) is 4.43. The second kappa shape index (κ2) is 8.20. The minimum atomic E-state index is -4.25. The Labute approximate surface area is 178 Å². The zero-order valence-corrected chi connectivity index (χ0v) is 17.1. The molecular weight excluding hydrogens is 409 g/mol. The Morgan fingerprint density at radius 1 is 1.13 bits per heavy atom. The molecule has 166 valence electrons. The van der Waals surface area contributed by atoms with E-state index in [0.717, 1.165) is 56.8 Å². The van der Waals surface area contributed by atoms with Crippen LogP contribution in [0.3, 0.4) is 0 Å². The number of aromatic nitrogens is 3. The molecule has 2 aliphatic heterocycles. The van der Waals surface area contributed by atoms with Crippen molar-refractivity contribution >= 4 is 10.9 Å². The van der Waals surface area contributed by atoms with Crippen molar-refractivity contribution in [3.05, 3.63) is 48.2 Å². The number of hydrogen-bond acceptors (Lipinski definition) is 4. The monoisotopic (exact) mass is 434 g/mol. The maximum absolute atomic E-state index is 12.8. The van der Waals surface area contributed by atoms with Crippen molar-refractivity contribution in [2.75, 3.05) is 19.7 Å². The molecule has 9 heteroatoms. The molecule has 0 atom stereocenters. The van der Waals surface area contributed by atoms with Crippen LogP contribution in [-0.4, -0.2) is 51.0 Å². The highest BCUT2D eigenvalue weighted by molar-refractivity contribution is 5.86. The lowest BCUT2D eigenvalue weighted by molar-refractivity contribution is -0.139. The van der Waals surface area contributed by atoms with Gasteiger partial charge in [-0.25, -0.2) is 4.98 Å². The molecule has 31 heavy (non-hydrogen) atoms. The molecule has 0 amide bonds. The Morgan fingerprint density at radius 2 is 1.97 bits per heavy atom. The predicted molar refractivity (Wildman–Crippen MR) is 109 cm³/mol. The highest BCUT2D eigenvalue weighted by Gasteiger charge is 2.29. The van der Waals surface area contributed by atoms with Gasteiger partial charge in [-0.3, -0.25) is 4.90 Å². The average molecular weight is 434 g/mol. The maximum atomic E-state index is 12.8. The van der Waals surface area contributed by atoms with Gasteiger partial charge < -0.3 is 18.6 Å². The van der Waals surface area contributed by atoms with E-state index in [2.05, 4.69) is 14.5 Å². The molecule has 1 fully saturated rings. The Morgan fingerprint density at radius 3 is 2.77 bits per heavy atom. The average Bonchev–Trinajstić information content (AvgIpc) is 3.34. The largest absolute Gasteiger partial charge is 0.490 e. The van der Waals surface area contributed by atoms with Crippen molar-refractivity contribution in [3.8, 4) is 5.75 Å². The Kier molecular flexibility index (Phi) is 5.39. The van der Waals surface area contributed by atoms with Crippen LogP contribution in [0.25, 0.3) is 10.9 Å². The molecule has 0 spiro atoms. The summed E-state index contributed by atoms with van der Waals surface area (Å²) in [6.07, 6.45) is 0.981. The summed E-state index contributed by atoms with van der Waals surface area (Å²) >= 11 is 0. The molecule has 0 saturated carbocycles. The fraction of sp³-hybridized carbons (Fsp3) is 0.500. The summed E-state index contributed by atoms with van der Waals surface area (Å²) in [7, 11) is 0. The van der Waals surface area contributed by atoms with Crippen molar-refractivity contribution in [1.29, 1.82) is 0 Å². The molecule has 4 heterocycles. The molecule has 2 aromatic heterocycles. The van der Waals surface area contributed by atoms with Gasteiger partial charge in [-0.05, 0) is 31.0 Å². The molecule has 0 aliphatic carbocycles. The first kappa shape index (κ1) is 20.4. The van der Waals surface area contributed by atoms with Gasteiger partial charge in [-0.1, -0.05) is 6.07 Å². The van der Waals surface area contributed by atoms with E-state index in [-0.39, 0.29) is 6.10 Å². The SMILES string of the molecule is FC(F)(F)Cn1ccc2c(OC3CCN(Cc4cnc5n4CCOC5)CC3)cccc21. The molecular formula is C22H25F3N4O2. The van der Waals surface area contributed by atoms with E-state index in [1.165, 1.54) is 16.5 Å². The number of hydrogen-bond donors (Lipinski definition) is 0. The number of ether oxygens (including phenoxy) is 2. The van der Waals surface area contributed by atoms with E-state index in [1.807, 2.05) is 12.3 Å². The summed E-state index contributed by atoms with van der Waals surface area (Å²) in [5.74, 6) is 1.65. The molecule has 0 N–H and O–H groups in total. The van der Waals surface area contributed by atoms with E-state index in [1.54, 1.807) is 18.2 Å². The summed E-state index contributed by atoms with van der Waals surface area (Å²) in [6, 6.07) is 7.01. The topological polar surface area (TPSA) is 44.5 Å². The van der Waals surface area contributed by atoms with E-state index >= 15 is 0 Å². The number of fused-ring (bicyclic) bond motifs is 2. The van der Waals surface area contributed by atoms with Gasteiger partial charge in [0.2, 0.25) is 0 Å². The molecule has 1 saturated heterocycles. The summed E-state index contributed by atoms with van der Waals surface area (Å²) < 4.78 is 53.6. The van der Waals surface area contributed by atoms with Crippen LogP contribution < -0.4 is 4.74 Å². The lowest BCUT2D eigenvalue weighted by Crippen LogP contribution is -2.38. The number of rotatable bonds is 5. The van der Waals surface area contributed by atoms with Gasteiger partial charge in [0, 0.05) is 44.0 Å². The summed E-state index contributed by atoms with van der Waals surface area (Å²) in [6.45, 7) is 3.83. The maximum Gasteiger partial charge on any atom is 0.406 e. The van der Waals surface area contributed by atoms with Gasteiger partial charge >= 0.3 is 6.18 Å². The zero-order valence-electron chi connectivity index (χ0n) is 17.1. The quantitative estimate of drug-likeness (QED) is 0.610. The van der Waals surface area contributed by atoms with Gasteiger partial charge in [0.25, 0.3) is 0 Å². The highest BCUT2D eigenvalue weighted by Crippen LogP contribution is 2.31. The number of likely N-dealkylation sites (tertiary alicyclic amines) is 1. The van der Waals surface area contributed by atoms with Crippen molar-refractivity contribution in [1.82, 2.24) is 19.0 Å². The zero-order chi connectivity index (χ0) is 21.4. The first-order valence-electron chi connectivity index (χ1n) is 10.6. The summed E-state index contributed by atoms with van der Waals surface area (Å²) in [5, 5.41) is 0.724. The van der Waals surface area contributed by atoms with Crippen molar-refractivity contribution in [2.45, 2.75) is 51.4 Å². The van der Waals surface area contributed by atoms with E-state index in [4.69, 9.17) is 9.47 Å². The van der Waals surface area contributed by atoms with Gasteiger partial charge in [0.15, 0.2) is 0 Å². The third-order valence-corrected chi connectivity index (χ3v) is 6.05. The highest BCUT2D eigenvalue weighted by atomic mass is 19.4. The normalized spacial score (nSPS) is 18.4. The van der Waals surface area contributed by atoms with Gasteiger partial charge in [0.05, 0.1) is 17.8 Å². The Balaban J connectivity index is 1.21. The van der Waals surface area contributed by atoms with Crippen molar-refractivity contribution in [2.24, 2.45) is 0 Å². The molecule has 0 unspecified atom stereocenters. The third-order valence-electron chi connectivity index (χ3n) is 6.05. The van der Waals surface area contributed by atoms with Crippen LogP contribution in [0.2, 0.25) is 0 Å². The van der Waals surface area contributed by atoms with E-state index < -0.39 is 12.7 Å². The number of alkyl halides is 3. The summed E-state index contributed by atoms with van der Waals surface area (Å²) in [5.41, 5.74) is 1.76. The lowest BCUT2D eigenvalue weighted by atomic mass is 10.1. The smallest absolute Gasteiger partial charge is 0.406 e. The molecule has 3 aromatic rings. The number of piperidine rings is 1. The van der Waals surface area contributed by atoms with Gasteiger partial charge in [0.1, 0.15) is 30.8 Å². The van der Waals surface area contributed by atoms with Crippen LogP contribution in [0, 0.1) is 0 Å². The van der Waals surface area contributed by atoms with E-state index in [0.29, 0.717) is 17.9 Å². The van der Waals surface area contributed by atoms with Crippen LogP contribution in [0.4, 0.5) is 13.2 Å². The van der Waals surface area contributed by atoms with Crippen LogP contribution >= 0.6 is 0 Å². The number of imidazole rings is 1. The summed E-state index contributed by atoms with van der Waals surface area (Å²) in [4.78, 5) is 6.86. The fourth-order valence-electron chi connectivity index (χ4n) is 4.51. The molecule has 5 rings (SSSR count). The van der Waals surface area contributed by atoms with Gasteiger partial charge in [-0.15, -0.1) is 0 Å². The molecule has 2 aliphatic rings. The fourth-order valence-corrected chi connectivity index (χ4v) is 4.51. The Hall–Kier alpha value is -2.52. The van der Waals surface area contributed by atoms with Crippen LogP contribution in [0.5, 0.6) is 5.75 Å². The lowest BCUT2D eigenvalue weighted by Gasteiger charge is -2.32. The molecule has 0 radical (unpaired) electrons. The minimum absolute atomic E-state index is 0.0561. The Bertz CT molecular complexity index is 1050. The van der Waals surface area contributed by atoms with Crippen LogP contribution in [0.1, 0.15) is 24.4 Å². The second-order valence-corrected chi connectivity index (χ2v) is 8.21. The van der Waals surface area contributed by atoms with Crippen molar-refractivity contribution in [3.63, 3.8) is 0 Å². The van der Waals surface area contributed by atoms with Crippen LogP contribution in [-0.2, 0) is 31.0 Å².